The molecule has 0 bridgehead atoms. The number of carbonyl (C=O) groups excluding carboxylic acids is 2. The molecule has 3 amide bonds. The molecule has 7 heteroatoms. The molecule has 3 aromatic rings. The Kier molecular flexibility index (Phi) is 5.98. The molecule has 2 heterocycles. The fourth-order valence-electron chi connectivity index (χ4n) is 3.40. The van der Waals surface area contributed by atoms with E-state index in [9.17, 15) is 9.59 Å². The monoisotopic (exact) mass is 404 g/mol. The maximum atomic E-state index is 12.6. The third-order valence-electron chi connectivity index (χ3n) is 5.09. The van der Waals surface area contributed by atoms with Crippen molar-refractivity contribution in [2.45, 2.75) is 6.54 Å². The van der Waals surface area contributed by atoms with E-state index in [1.165, 1.54) is 5.69 Å². The topological polar surface area (TPSA) is 77.8 Å². The molecule has 7 nitrogen and oxygen atoms in total. The average molecular weight is 404 g/mol. The Morgan fingerprint density at radius 1 is 0.867 bits per heavy atom. The first kappa shape index (κ1) is 19.6. The van der Waals surface area contributed by atoms with Crippen LogP contribution in [-0.2, 0) is 6.54 Å². The van der Waals surface area contributed by atoms with Crippen molar-refractivity contribution in [2.24, 2.45) is 0 Å². The molecule has 0 saturated carbocycles. The number of nitrogens with one attached hydrogen (secondary N) is 2. The molecule has 1 aliphatic heterocycles. The number of carbonyl (C=O) groups is 2. The summed E-state index contributed by atoms with van der Waals surface area (Å²) in [6.07, 6.45) is 1.57. The minimum Gasteiger partial charge on any atom is -0.467 e. The molecule has 2 N–H and O–H groups in total. The summed E-state index contributed by atoms with van der Waals surface area (Å²) in [6, 6.07) is 20.5. The van der Waals surface area contributed by atoms with Crippen LogP contribution in [0.25, 0.3) is 0 Å². The number of piperazine rings is 1. The minimum absolute atomic E-state index is 0.127. The van der Waals surface area contributed by atoms with Crippen LogP contribution in [0, 0.1) is 0 Å². The van der Waals surface area contributed by atoms with Crippen LogP contribution < -0.4 is 15.5 Å². The zero-order valence-electron chi connectivity index (χ0n) is 16.6. The van der Waals surface area contributed by atoms with Crippen molar-refractivity contribution in [1.82, 2.24) is 10.2 Å². The van der Waals surface area contributed by atoms with Gasteiger partial charge in [-0.3, -0.25) is 4.79 Å². The molecule has 0 unspecified atom stereocenters. The van der Waals surface area contributed by atoms with Gasteiger partial charge in [0.1, 0.15) is 5.76 Å². The number of benzene rings is 2. The van der Waals surface area contributed by atoms with Gasteiger partial charge in [-0.1, -0.05) is 18.2 Å². The van der Waals surface area contributed by atoms with E-state index in [2.05, 4.69) is 27.7 Å². The van der Waals surface area contributed by atoms with Gasteiger partial charge >= 0.3 is 6.03 Å². The number of rotatable bonds is 5. The number of para-hydroxylation sites is 1. The van der Waals surface area contributed by atoms with Crippen LogP contribution in [0.5, 0.6) is 0 Å². The summed E-state index contributed by atoms with van der Waals surface area (Å²) in [5.41, 5.74) is 2.36. The average Bonchev–Trinajstić information content (AvgIpc) is 3.32. The molecule has 4 rings (SSSR count). The van der Waals surface area contributed by atoms with E-state index in [4.69, 9.17) is 4.42 Å². The fraction of sp³-hybridized carbons (Fsp3) is 0.217. The molecule has 0 aliphatic carbocycles. The third-order valence-corrected chi connectivity index (χ3v) is 5.09. The Hall–Kier alpha value is -3.74. The lowest BCUT2D eigenvalue weighted by molar-refractivity contribution is 0.0948. The Bertz CT molecular complexity index is 963. The van der Waals surface area contributed by atoms with Crippen LogP contribution in [0.4, 0.5) is 16.2 Å². The van der Waals surface area contributed by atoms with Crippen LogP contribution in [0.3, 0.4) is 0 Å². The number of amides is 3. The highest BCUT2D eigenvalue weighted by atomic mass is 16.3. The first-order valence-corrected chi connectivity index (χ1v) is 9.95. The van der Waals surface area contributed by atoms with Crippen molar-refractivity contribution in [3.8, 4) is 0 Å². The van der Waals surface area contributed by atoms with Crippen LogP contribution in [-0.4, -0.2) is 43.0 Å². The maximum absolute atomic E-state index is 12.6. The molecule has 1 saturated heterocycles. The SMILES string of the molecule is O=C(NCc1ccco1)c1ccc(NC(=O)N2CCN(c3ccccc3)CC2)cc1. The summed E-state index contributed by atoms with van der Waals surface area (Å²) >= 11 is 0. The van der Waals surface area contributed by atoms with Crippen LogP contribution in [0.2, 0.25) is 0 Å². The second-order valence-corrected chi connectivity index (χ2v) is 7.08. The summed E-state index contributed by atoms with van der Waals surface area (Å²) in [5, 5.41) is 5.71. The smallest absolute Gasteiger partial charge is 0.321 e. The van der Waals surface area contributed by atoms with E-state index in [1.54, 1.807) is 42.7 Å². The molecule has 1 aromatic heterocycles. The second-order valence-electron chi connectivity index (χ2n) is 7.08. The quantitative estimate of drug-likeness (QED) is 0.682. The molecule has 0 spiro atoms. The number of anilines is 2. The Morgan fingerprint density at radius 2 is 1.60 bits per heavy atom. The molecule has 154 valence electrons. The van der Waals surface area contributed by atoms with Gasteiger partial charge in [0.15, 0.2) is 0 Å². The van der Waals surface area contributed by atoms with Crippen molar-refractivity contribution >= 4 is 23.3 Å². The molecular formula is C23H24N4O3. The van der Waals surface area contributed by atoms with Crippen molar-refractivity contribution in [3.05, 3.63) is 84.3 Å². The Morgan fingerprint density at radius 3 is 2.27 bits per heavy atom. The molecule has 0 atom stereocenters. The van der Waals surface area contributed by atoms with Crippen LogP contribution in [0.15, 0.2) is 77.4 Å². The fourth-order valence-corrected chi connectivity index (χ4v) is 3.40. The highest BCUT2D eigenvalue weighted by Gasteiger charge is 2.21. The number of nitrogens with zero attached hydrogens (tertiary/aromatic N) is 2. The molecule has 0 radical (unpaired) electrons. The number of hydrogen-bond donors (Lipinski definition) is 2. The zero-order valence-corrected chi connectivity index (χ0v) is 16.6. The summed E-state index contributed by atoms with van der Waals surface area (Å²) in [4.78, 5) is 28.9. The van der Waals surface area contributed by atoms with Gasteiger partial charge in [-0.2, -0.15) is 0 Å². The van der Waals surface area contributed by atoms with Gasteiger partial charge in [0, 0.05) is 43.1 Å². The van der Waals surface area contributed by atoms with E-state index in [1.807, 2.05) is 23.1 Å². The highest BCUT2D eigenvalue weighted by molar-refractivity contribution is 5.95. The van der Waals surface area contributed by atoms with Crippen molar-refractivity contribution in [1.29, 1.82) is 0 Å². The molecule has 30 heavy (non-hydrogen) atoms. The van der Waals surface area contributed by atoms with Crippen LogP contribution >= 0.6 is 0 Å². The summed E-state index contributed by atoms with van der Waals surface area (Å²) in [5.74, 6) is 0.501. The lowest BCUT2D eigenvalue weighted by Crippen LogP contribution is -2.50. The molecule has 1 fully saturated rings. The van der Waals surface area contributed by atoms with Gasteiger partial charge in [-0.25, -0.2) is 4.79 Å². The van der Waals surface area contributed by atoms with Gasteiger partial charge in [0.05, 0.1) is 12.8 Å². The molecule has 2 aromatic carbocycles. The van der Waals surface area contributed by atoms with E-state index < -0.39 is 0 Å². The van der Waals surface area contributed by atoms with Gasteiger partial charge < -0.3 is 24.9 Å². The zero-order chi connectivity index (χ0) is 20.8. The Balaban J connectivity index is 1.26. The van der Waals surface area contributed by atoms with E-state index in [0.29, 0.717) is 36.6 Å². The Labute approximate surface area is 175 Å². The summed E-state index contributed by atoms with van der Waals surface area (Å²) in [7, 11) is 0. The number of urea groups is 1. The normalized spacial score (nSPS) is 13.7. The minimum atomic E-state index is -0.193. The van der Waals surface area contributed by atoms with Crippen molar-refractivity contribution < 1.29 is 14.0 Å². The van der Waals surface area contributed by atoms with Crippen molar-refractivity contribution in [3.63, 3.8) is 0 Å². The van der Waals surface area contributed by atoms with E-state index >= 15 is 0 Å². The van der Waals surface area contributed by atoms with Crippen LogP contribution in [0.1, 0.15) is 16.1 Å². The van der Waals surface area contributed by atoms with Gasteiger partial charge in [-0.05, 0) is 48.5 Å². The van der Waals surface area contributed by atoms with Gasteiger partial charge in [0.25, 0.3) is 5.91 Å². The second kappa shape index (κ2) is 9.17. The summed E-state index contributed by atoms with van der Waals surface area (Å²) < 4.78 is 5.20. The maximum Gasteiger partial charge on any atom is 0.321 e. The van der Waals surface area contributed by atoms with Gasteiger partial charge in [0.2, 0.25) is 0 Å². The first-order valence-electron chi connectivity index (χ1n) is 9.95. The van der Waals surface area contributed by atoms with E-state index in [-0.39, 0.29) is 11.9 Å². The van der Waals surface area contributed by atoms with Crippen molar-refractivity contribution in [2.75, 3.05) is 36.4 Å². The standard InChI is InChI=1S/C23H24N4O3/c28-22(24-17-21-7-4-16-30-21)18-8-10-19(11-9-18)25-23(29)27-14-12-26(13-15-27)20-5-2-1-3-6-20/h1-11,16H,12-15,17H2,(H,24,28)(H,25,29). The summed E-state index contributed by atoms with van der Waals surface area (Å²) in [6.45, 7) is 3.25. The number of furan rings is 1. The third kappa shape index (κ3) is 4.81. The lowest BCUT2D eigenvalue weighted by atomic mass is 10.2. The number of hydrogen-bond acceptors (Lipinski definition) is 4. The largest absolute Gasteiger partial charge is 0.467 e. The first-order chi connectivity index (χ1) is 14.7. The molecular weight excluding hydrogens is 380 g/mol. The lowest BCUT2D eigenvalue weighted by Gasteiger charge is -2.36. The van der Waals surface area contributed by atoms with E-state index in [0.717, 1.165) is 13.1 Å². The van der Waals surface area contributed by atoms with Gasteiger partial charge in [-0.15, -0.1) is 0 Å². The predicted octanol–water partition coefficient (Wildman–Crippen LogP) is 3.56. The predicted molar refractivity (Wildman–Crippen MR) is 116 cm³/mol. The molecule has 1 aliphatic rings. The highest BCUT2D eigenvalue weighted by Crippen LogP contribution is 2.17.